The van der Waals surface area contributed by atoms with Crippen LogP contribution in [0.25, 0.3) is 71.3 Å². The number of nitrogens with zero attached hydrogens (tertiary/aromatic N) is 3. The number of anilines is 5. The monoisotopic (exact) mass is 917 g/mol. The van der Waals surface area contributed by atoms with Gasteiger partial charge in [-0.15, -0.1) is 0 Å². The first kappa shape index (κ1) is 41.5. The fourth-order valence-corrected chi connectivity index (χ4v) is 11.7. The molecule has 0 aliphatic heterocycles. The molecule has 338 valence electrons. The molecular weight excluding hydrogens is 871 g/mol. The zero-order valence-corrected chi connectivity index (χ0v) is 39.5. The lowest BCUT2D eigenvalue weighted by Crippen LogP contribution is -2.44. The van der Waals surface area contributed by atoms with Gasteiger partial charge in [0.1, 0.15) is 5.54 Å². The van der Waals surface area contributed by atoms with E-state index in [0.29, 0.717) is 0 Å². The van der Waals surface area contributed by atoms with Crippen LogP contribution < -0.4 is 9.80 Å². The third kappa shape index (κ3) is 6.59. The van der Waals surface area contributed by atoms with Crippen molar-refractivity contribution >= 4 is 71.8 Å². The van der Waals surface area contributed by atoms with Gasteiger partial charge >= 0.3 is 0 Å². The first-order chi connectivity index (χ1) is 35.7. The molecule has 0 bridgehead atoms. The zero-order chi connectivity index (χ0) is 47.6. The minimum atomic E-state index is -0.787. The van der Waals surface area contributed by atoms with Crippen LogP contribution >= 0.6 is 0 Å². The molecule has 3 heteroatoms. The van der Waals surface area contributed by atoms with Crippen LogP contribution in [-0.4, -0.2) is 4.57 Å². The molecular formula is C69H47N3. The normalized spacial score (nSPS) is 13.9. The summed E-state index contributed by atoms with van der Waals surface area (Å²) in [6.45, 7) is 0. The summed E-state index contributed by atoms with van der Waals surface area (Å²) in [6, 6.07) is 105. The second-order valence-electron chi connectivity index (χ2n) is 18.9. The Hall–Kier alpha value is -9.44. The molecule has 0 radical (unpaired) electrons. The van der Waals surface area contributed by atoms with Gasteiger partial charge in [0.15, 0.2) is 0 Å². The molecule has 1 unspecified atom stereocenters. The summed E-state index contributed by atoms with van der Waals surface area (Å²) < 4.78 is 2.43. The molecule has 1 aliphatic carbocycles. The van der Waals surface area contributed by atoms with E-state index in [2.05, 4.69) is 299 Å². The van der Waals surface area contributed by atoms with Gasteiger partial charge in [-0.1, -0.05) is 206 Å². The maximum atomic E-state index is 2.59. The molecule has 0 amide bonds. The van der Waals surface area contributed by atoms with Crippen LogP contribution in [0.1, 0.15) is 16.7 Å². The molecule has 13 aromatic rings. The Morgan fingerprint density at radius 2 is 0.806 bits per heavy atom. The molecule has 0 saturated carbocycles. The van der Waals surface area contributed by atoms with Crippen molar-refractivity contribution in [3.05, 3.63) is 302 Å². The van der Waals surface area contributed by atoms with Crippen molar-refractivity contribution in [3.63, 3.8) is 0 Å². The molecule has 0 spiro atoms. The minimum Gasteiger partial charge on any atom is -0.323 e. The lowest BCUT2D eigenvalue weighted by Gasteiger charge is -2.45. The average molecular weight is 918 g/mol. The van der Waals surface area contributed by atoms with E-state index < -0.39 is 5.54 Å². The van der Waals surface area contributed by atoms with Gasteiger partial charge in [-0.2, -0.15) is 0 Å². The van der Waals surface area contributed by atoms with Gasteiger partial charge in [0.2, 0.25) is 0 Å². The van der Waals surface area contributed by atoms with Gasteiger partial charge in [0.25, 0.3) is 0 Å². The molecule has 72 heavy (non-hydrogen) atoms. The van der Waals surface area contributed by atoms with Crippen LogP contribution in [0.3, 0.4) is 0 Å². The Morgan fingerprint density at radius 1 is 0.292 bits per heavy atom. The molecule has 3 nitrogen and oxygen atoms in total. The van der Waals surface area contributed by atoms with Crippen LogP contribution in [0, 0.1) is 0 Å². The number of hydrogen-bond acceptors (Lipinski definition) is 2. The molecule has 1 atom stereocenters. The van der Waals surface area contributed by atoms with Crippen LogP contribution in [0.4, 0.5) is 28.4 Å². The lowest BCUT2D eigenvalue weighted by molar-refractivity contribution is 0.644. The van der Waals surface area contributed by atoms with E-state index in [1.807, 2.05) is 0 Å². The van der Waals surface area contributed by atoms with Crippen molar-refractivity contribution in [2.45, 2.75) is 5.54 Å². The van der Waals surface area contributed by atoms with Gasteiger partial charge in [-0.25, -0.2) is 0 Å². The smallest absolute Gasteiger partial charge is 0.122 e. The standard InChI is InChI=1S/C69H47N3/c1-4-18-48(19-5-1)51-32-36-55(37-33-51)71-67-31-17-15-29-63(67)64-43-41-59(47-68(64)71)70(57-38-34-49-20-10-12-22-52(49)44-57)58-40-42-62-61-28-14-16-30-65(61)69(66(62)46-58,54-24-6-2-7-25-54)72(56-26-8-3-9-27-56)60-39-35-50-21-11-13-23-53(50)45-60/h1-47H. The Morgan fingerprint density at radius 3 is 1.56 bits per heavy atom. The van der Waals surface area contributed by atoms with E-state index in [1.165, 1.54) is 76.8 Å². The Balaban J connectivity index is 1.03. The third-order valence-corrected chi connectivity index (χ3v) is 14.9. The van der Waals surface area contributed by atoms with Crippen molar-refractivity contribution in [2.24, 2.45) is 0 Å². The van der Waals surface area contributed by atoms with Gasteiger partial charge in [-0.05, 0) is 139 Å². The lowest BCUT2D eigenvalue weighted by atomic mass is 9.78. The Labute approximate surface area is 419 Å². The van der Waals surface area contributed by atoms with E-state index >= 15 is 0 Å². The molecule has 1 heterocycles. The highest BCUT2D eigenvalue weighted by Crippen LogP contribution is 2.59. The first-order valence-electron chi connectivity index (χ1n) is 24.8. The fourth-order valence-electron chi connectivity index (χ4n) is 11.7. The average Bonchev–Trinajstić information content (AvgIpc) is 3.94. The number of hydrogen-bond donors (Lipinski definition) is 0. The number of rotatable bonds is 9. The largest absolute Gasteiger partial charge is 0.323 e. The molecule has 1 aliphatic rings. The van der Waals surface area contributed by atoms with E-state index in [9.17, 15) is 0 Å². The van der Waals surface area contributed by atoms with Crippen molar-refractivity contribution in [3.8, 4) is 27.9 Å². The summed E-state index contributed by atoms with van der Waals surface area (Å²) in [6.07, 6.45) is 0. The molecule has 1 aromatic heterocycles. The molecule has 14 rings (SSSR count). The van der Waals surface area contributed by atoms with Gasteiger partial charge in [-0.3, -0.25) is 0 Å². The van der Waals surface area contributed by atoms with Gasteiger partial charge in [0.05, 0.1) is 11.0 Å². The summed E-state index contributed by atoms with van der Waals surface area (Å²) in [4.78, 5) is 5.06. The highest BCUT2D eigenvalue weighted by Gasteiger charge is 2.50. The second-order valence-corrected chi connectivity index (χ2v) is 18.9. The highest BCUT2D eigenvalue weighted by atomic mass is 15.2. The maximum Gasteiger partial charge on any atom is 0.122 e. The van der Waals surface area contributed by atoms with Crippen molar-refractivity contribution < 1.29 is 0 Å². The number of benzene rings is 12. The zero-order valence-electron chi connectivity index (χ0n) is 39.5. The van der Waals surface area contributed by atoms with Gasteiger partial charge in [0, 0.05) is 44.9 Å². The minimum absolute atomic E-state index is 0.787. The summed E-state index contributed by atoms with van der Waals surface area (Å²) >= 11 is 0. The Bertz CT molecular complexity index is 4160. The maximum absolute atomic E-state index is 2.59. The quantitative estimate of drug-likeness (QED) is 0.143. The number of aromatic nitrogens is 1. The predicted molar refractivity (Wildman–Crippen MR) is 303 cm³/mol. The van der Waals surface area contributed by atoms with Crippen molar-refractivity contribution in [1.82, 2.24) is 4.57 Å². The molecule has 0 saturated heterocycles. The third-order valence-electron chi connectivity index (χ3n) is 14.9. The molecule has 12 aromatic carbocycles. The topological polar surface area (TPSA) is 11.4 Å². The van der Waals surface area contributed by atoms with E-state index in [1.54, 1.807) is 0 Å². The van der Waals surface area contributed by atoms with Gasteiger partial charge < -0.3 is 14.4 Å². The van der Waals surface area contributed by atoms with E-state index in [0.717, 1.165) is 39.6 Å². The fraction of sp³-hybridized carbons (Fsp3) is 0.0145. The number of para-hydroxylation sites is 2. The van der Waals surface area contributed by atoms with Crippen LogP contribution in [0.2, 0.25) is 0 Å². The van der Waals surface area contributed by atoms with Crippen LogP contribution in [-0.2, 0) is 5.54 Å². The van der Waals surface area contributed by atoms with E-state index in [4.69, 9.17) is 0 Å². The van der Waals surface area contributed by atoms with Crippen LogP contribution in [0.15, 0.2) is 285 Å². The number of fused-ring (bicyclic) bond motifs is 8. The summed E-state index contributed by atoms with van der Waals surface area (Å²) in [5, 5.41) is 7.23. The predicted octanol–water partition coefficient (Wildman–Crippen LogP) is 18.3. The first-order valence-corrected chi connectivity index (χ1v) is 24.8. The van der Waals surface area contributed by atoms with Crippen molar-refractivity contribution in [2.75, 3.05) is 9.80 Å². The molecule has 0 N–H and O–H groups in total. The summed E-state index contributed by atoms with van der Waals surface area (Å²) in [5.74, 6) is 0. The van der Waals surface area contributed by atoms with E-state index in [-0.39, 0.29) is 0 Å². The summed E-state index contributed by atoms with van der Waals surface area (Å²) in [7, 11) is 0. The Kier molecular flexibility index (Phi) is 9.75. The summed E-state index contributed by atoms with van der Waals surface area (Å²) in [5.41, 5.74) is 16.6. The highest BCUT2D eigenvalue weighted by molar-refractivity contribution is 6.10. The second kappa shape index (κ2) is 16.9. The SMILES string of the molecule is c1ccc(-c2ccc(-n3c4ccccc4c4ccc(N(c5ccc6c(c5)C(c5ccccc5)(N(c5ccccc5)c5ccc7ccccc7c5)c5ccccc5-6)c5ccc6ccccc6c5)cc43)cc2)cc1. The van der Waals surface area contributed by atoms with Crippen molar-refractivity contribution in [1.29, 1.82) is 0 Å². The van der Waals surface area contributed by atoms with Crippen LogP contribution in [0.5, 0.6) is 0 Å². The molecule has 0 fully saturated rings.